The smallest absolute Gasteiger partial charge is 0.268 e. The van der Waals surface area contributed by atoms with Gasteiger partial charge in [-0.1, -0.05) is 40.2 Å². The van der Waals surface area contributed by atoms with Crippen molar-refractivity contribution in [2.45, 2.75) is 12.8 Å². The molecule has 0 bridgehead atoms. The third-order valence-corrected chi connectivity index (χ3v) is 3.27. The summed E-state index contributed by atoms with van der Waals surface area (Å²) in [7, 11) is 0. The van der Waals surface area contributed by atoms with Crippen LogP contribution in [0.5, 0.6) is 0 Å². The molecule has 3 nitrogen and oxygen atoms in total. The van der Waals surface area contributed by atoms with E-state index < -0.39 is 11.6 Å². The minimum Gasteiger partial charge on any atom is -0.489 e. The average molecular weight is 309 g/mol. The maximum absolute atomic E-state index is 11.8. The molecule has 1 aliphatic carbocycles. The van der Waals surface area contributed by atoms with Gasteiger partial charge in [-0.25, -0.2) is 0 Å². The number of Topliss-reactive ketones (excluding diaryl/α,β-unsaturated/α-hetero) is 2. The number of unbranched alkanes of at least 4 members (excludes halogenated alkanes) is 1. The Morgan fingerprint density at radius 3 is 2.61 bits per heavy atom. The molecule has 0 aromatic heterocycles. The Labute approximate surface area is 114 Å². The van der Waals surface area contributed by atoms with Crippen LogP contribution in [0.15, 0.2) is 30.0 Å². The molecular weight excluding hydrogens is 296 g/mol. The highest BCUT2D eigenvalue weighted by molar-refractivity contribution is 9.09. The summed E-state index contributed by atoms with van der Waals surface area (Å²) in [6, 6.07) is 7.05. The third-order valence-electron chi connectivity index (χ3n) is 2.71. The number of carbonyl (C=O) groups is 2. The third kappa shape index (κ3) is 2.70. The summed E-state index contributed by atoms with van der Waals surface area (Å²) in [5, 5.41) is 0.908. The molecule has 2 rings (SSSR count). The molecule has 0 amide bonds. The zero-order valence-electron chi connectivity index (χ0n) is 9.82. The van der Waals surface area contributed by atoms with Gasteiger partial charge in [0, 0.05) is 10.9 Å². The van der Waals surface area contributed by atoms with Crippen molar-refractivity contribution in [2.24, 2.45) is 0 Å². The van der Waals surface area contributed by atoms with Crippen LogP contribution in [-0.2, 0) is 9.53 Å². The molecule has 0 spiro atoms. The fourth-order valence-electron chi connectivity index (χ4n) is 1.76. The molecule has 0 fully saturated rings. The van der Waals surface area contributed by atoms with Gasteiger partial charge in [0.15, 0.2) is 5.76 Å². The number of rotatable bonds is 5. The Kier molecular flexibility index (Phi) is 4.31. The van der Waals surface area contributed by atoms with E-state index in [-0.39, 0.29) is 5.76 Å². The van der Waals surface area contributed by atoms with Crippen molar-refractivity contribution < 1.29 is 14.3 Å². The van der Waals surface area contributed by atoms with Gasteiger partial charge in [0.2, 0.25) is 5.78 Å². The molecule has 18 heavy (non-hydrogen) atoms. The van der Waals surface area contributed by atoms with Crippen molar-refractivity contribution in [1.29, 1.82) is 0 Å². The van der Waals surface area contributed by atoms with Crippen LogP contribution in [0.2, 0.25) is 0 Å². The lowest BCUT2D eigenvalue weighted by Crippen LogP contribution is -2.23. The minimum atomic E-state index is -0.549. The van der Waals surface area contributed by atoms with Crippen LogP contribution in [0.1, 0.15) is 28.8 Å². The minimum absolute atomic E-state index is 0.160. The van der Waals surface area contributed by atoms with Crippen molar-refractivity contribution in [3.8, 4) is 0 Å². The van der Waals surface area contributed by atoms with Gasteiger partial charge in [0.1, 0.15) is 0 Å². The van der Waals surface area contributed by atoms with Crippen molar-refractivity contribution in [3.05, 3.63) is 41.2 Å². The largest absolute Gasteiger partial charge is 0.489 e. The zero-order valence-corrected chi connectivity index (χ0v) is 11.4. The predicted molar refractivity (Wildman–Crippen MR) is 72.7 cm³/mol. The first-order valence-corrected chi connectivity index (χ1v) is 6.94. The van der Waals surface area contributed by atoms with Gasteiger partial charge in [-0.3, -0.25) is 9.59 Å². The molecule has 94 valence electrons. The number of hydrogen-bond acceptors (Lipinski definition) is 3. The zero-order chi connectivity index (χ0) is 13.0. The number of alkyl halides is 1. The second-order valence-corrected chi connectivity index (χ2v) is 4.79. The van der Waals surface area contributed by atoms with Crippen LogP contribution in [0.25, 0.3) is 6.08 Å². The highest BCUT2D eigenvalue weighted by atomic mass is 79.9. The van der Waals surface area contributed by atoms with E-state index >= 15 is 0 Å². The van der Waals surface area contributed by atoms with Crippen molar-refractivity contribution >= 4 is 33.6 Å². The van der Waals surface area contributed by atoms with Gasteiger partial charge in [0.05, 0.1) is 6.61 Å². The molecule has 0 N–H and O–H groups in total. The predicted octanol–water partition coefficient (Wildman–Crippen LogP) is 2.98. The van der Waals surface area contributed by atoms with Gasteiger partial charge >= 0.3 is 0 Å². The SMILES string of the molecule is O=C1C(=O)c2ccccc2C=C1OCCCCBr. The molecule has 4 heteroatoms. The average Bonchev–Trinajstić information content (AvgIpc) is 2.40. The maximum atomic E-state index is 11.8. The standard InChI is InChI=1S/C14H13BrO3/c15-7-3-4-8-18-12-9-10-5-1-2-6-11(10)13(16)14(12)17/h1-2,5-6,9H,3-4,7-8H2. The van der Waals surface area contributed by atoms with E-state index in [1.54, 1.807) is 18.2 Å². The van der Waals surface area contributed by atoms with Crippen LogP contribution in [0.3, 0.4) is 0 Å². The number of carbonyl (C=O) groups excluding carboxylic acids is 2. The number of hydrogen-bond donors (Lipinski definition) is 0. The Morgan fingerprint density at radius 1 is 1.06 bits per heavy atom. The molecule has 0 aliphatic heterocycles. The molecule has 0 unspecified atom stereocenters. The molecular formula is C14H13BrO3. The van der Waals surface area contributed by atoms with Gasteiger partial charge in [-0.05, 0) is 24.5 Å². The van der Waals surface area contributed by atoms with Crippen LogP contribution in [0.4, 0.5) is 0 Å². The summed E-state index contributed by atoms with van der Waals surface area (Å²) in [5.41, 5.74) is 1.20. The second-order valence-electron chi connectivity index (χ2n) is 4.00. The molecule has 0 radical (unpaired) electrons. The molecule has 1 aromatic carbocycles. The van der Waals surface area contributed by atoms with Crippen molar-refractivity contribution in [2.75, 3.05) is 11.9 Å². The quantitative estimate of drug-likeness (QED) is 0.477. The maximum Gasteiger partial charge on any atom is 0.268 e. The second kappa shape index (κ2) is 5.96. The number of halogens is 1. The summed E-state index contributed by atoms with van der Waals surface area (Å²) in [6.45, 7) is 0.457. The van der Waals surface area contributed by atoms with Crippen LogP contribution < -0.4 is 0 Å². The van der Waals surface area contributed by atoms with E-state index in [0.29, 0.717) is 12.2 Å². The van der Waals surface area contributed by atoms with E-state index in [0.717, 1.165) is 23.7 Å². The molecule has 0 saturated heterocycles. The van der Waals surface area contributed by atoms with E-state index in [4.69, 9.17) is 4.74 Å². The van der Waals surface area contributed by atoms with E-state index in [1.165, 1.54) is 0 Å². The first-order valence-electron chi connectivity index (χ1n) is 5.82. The lowest BCUT2D eigenvalue weighted by atomic mass is 9.94. The molecule has 1 aliphatic rings. The number of allylic oxidation sites excluding steroid dienone is 1. The summed E-state index contributed by atoms with van der Waals surface area (Å²) < 4.78 is 5.39. The van der Waals surface area contributed by atoms with E-state index in [9.17, 15) is 9.59 Å². The lowest BCUT2D eigenvalue weighted by molar-refractivity contribution is -0.115. The van der Waals surface area contributed by atoms with Crippen molar-refractivity contribution in [3.63, 3.8) is 0 Å². The van der Waals surface area contributed by atoms with Gasteiger partial charge in [-0.2, -0.15) is 0 Å². The molecule has 0 saturated carbocycles. The number of ketones is 2. The normalized spacial score (nSPS) is 14.2. The van der Waals surface area contributed by atoms with Gasteiger partial charge < -0.3 is 4.74 Å². The van der Waals surface area contributed by atoms with Gasteiger partial charge in [0.25, 0.3) is 5.78 Å². The number of ether oxygens (including phenoxy) is 1. The summed E-state index contributed by atoms with van der Waals surface area (Å²) in [5.74, 6) is -0.871. The van der Waals surface area contributed by atoms with E-state index in [2.05, 4.69) is 15.9 Å². The highest BCUT2D eigenvalue weighted by Crippen LogP contribution is 2.22. The van der Waals surface area contributed by atoms with Crippen LogP contribution in [-0.4, -0.2) is 23.5 Å². The molecule has 1 aromatic rings. The first kappa shape index (κ1) is 13.0. The van der Waals surface area contributed by atoms with Gasteiger partial charge in [-0.15, -0.1) is 0 Å². The molecule has 0 atom stereocenters. The Bertz CT molecular complexity index is 506. The summed E-state index contributed by atoms with van der Waals surface area (Å²) in [6.07, 6.45) is 3.48. The monoisotopic (exact) mass is 308 g/mol. The lowest BCUT2D eigenvalue weighted by Gasteiger charge is -2.14. The highest BCUT2D eigenvalue weighted by Gasteiger charge is 2.28. The van der Waals surface area contributed by atoms with Crippen LogP contribution in [0, 0.1) is 0 Å². The Balaban J connectivity index is 2.14. The molecule has 0 heterocycles. The topological polar surface area (TPSA) is 43.4 Å². The van der Waals surface area contributed by atoms with Crippen molar-refractivity contribution in [1.82, 2.24) is 0 Å². The number of fused-ring (bicyclic) bond motifs is 1. The first-order chi connectivity index (χ1) is 8.74. The Hall–Kier alpha value is -1.42. The fourth-order valence-corrected chi connectivity index (χ4v) is 2.15. The van der Waals surface area contributed by atoms with E-state index in [1.807, 2.05) is 12.1 Å². The summed E-state index contributed by atoms with van der Waals surface area (Å²) >= 11 is 3.33. The summed E-state index contributed by atoms with van der Waals surface area (Å²) in [4.78, 5) is 23.6. The van der Waals surface area contributed by atoms with Crippen LogP contribution >= 0.6 is 15.9 Å². The number of benzene rings is 1. The Morgan fingerprint density at radius 2 is 1.83 bits per heavy atom. The fraction of sp³-hybridized carbons (Fsp3) is 0.286.